The summed E-state index contributed by atoms with van der Waals surface area (Å²) in [7, 11) is 0. The third-order valence-electron chi connectivity index (χ3n) is 4.36. The van der Waals surface area contributed by atoms with E-state index < -0.39 is 30.3 Å². The molecule has 0 atom stereocenters. The van der Waals surface area contributed by atoms with Crippen LogP contribution in [0.2, 0.25) is 0 Å². The molecule has 5 nitrogen and oxygen atoms in total. The second kappa shape index (κ2) is 7.06. The van der Waals surface area contributed by atoms with Gasteiger partial charge in [-0.2, -0.15) is 0 Å². The van der Waals surface area contributed by atoms with E-state index in [4.69, 9.17) is 5.11 Å². The van der Waals surface area contributed by atoms with E-state index in [9.17, 15) is 27.5 Å². The Kier molecular flexibility index (Phi) is 4.93. The zero-order valence-corrected chi connectivity index (χ0v) is 14.5. The molecule has 3 rings (SSSR count). The number of aromatic hydroxyl groups is 1. The first-order valence-corrected chi connectivity index (χ1v) is 8.12. The van der Waals surface area contributed by atoms with Gasteiger partial charge in [-0.25, -0.2) is 4.39 Å². The highest BCUT2D eigenvalue weighted by Gasteiger charge is 2.31. The molecule has 0 aliphatic rings. The number of fused-ring (bicyclic) bond motifs is 1. The molecule has 1 heterocycles. The molecule has 3 aromatic rings. The molecule has 0 spiro atoms. The quantitative estimate of drug-likeness (QED) is 0.628. The van der Waals surface area contributed by atoms with Crippen LogP contribution in [0.5, 0.6) is 11.5 Å². The first-order valence-electron chi connectivity index (χ1n) is 8.12. The lowest BCUT2D eigenvalue weighted by molar-refractivity contribution is -0.274. The van der Waals surface area contributed by atoms with E-state index in [0.29, 0.717) is 16.8 Å². The average molecular weight is 397 g/mol. The fourth-order valence-corrected chi connectivity index (χ4v) is 3.14. The van der Waals surface area contributed by atoms with Gasteiger partial charge in [0.1, 0.15) is 5.75 Å². The molecule has 0 saturated heterocycles. The van der Waals surface area contributed by atoms with Crippen molar-refractivity contribution in [1.82, 2.24) is 4.57 Å². The number of benzene rings is 2. The second-order valence-electron chi connectivity index (χ2n) is 6.21. The van der Waals surface area contributed by atoms with Crippen LogP contribution < -0.4 is 4.74 Å². The highest BCUT2D eigenvalue weighted by Crippen LogP contribution is 2.33. The van der Waals surface area contributed by atoms with E-state index in [2.05, 4.69) is 4.74 Å². The van der Waals surface area contributed by atoms with Gasteiger partial charge < -0.3 is 19.5 Å². The molecule has 0 bridgehead atoms. The number of alkyl halides is 3. The van der Waals surface area contributed by atoms with Crippen molar-refractivity contribution in [3.8, 4) is 11.5 Å². The molecular formula is C19H15F4NO4. The van der Waals surface area contributed by atoms with E-state index in [1.165, 1.54) is 24.3 Å². The van der Waals surface area contributed by atoms with Crippen LogP contribution in [0, 0.1) is 12.7 Å². The van der Waals surface area contributed by atoms with Crippen LogP contribution >= 0.6 is 0 Å². The molecule has 2 N–H and O–H groups in total. The Labute approximate surface area is 156 Å². The fraction of sp³-hybridized carbons (Fsp3) is 0.211. The summed E-state index contributed by atoms with van der Waals surface area (Å²) < 4.78 is 56.7. The average Bonchev–Trinajstić information content (AvgIpc) is 2.84. The van der Waals surface area contributed by atoms with Crippen LogP contribution in [-0.2, 0) is 17.8 Å². The predicted octanol–water partition coefficient (Wildman–Crippen LogP) is 4.37. The lowest BCUT2D eigenvalue weighted by Crippen LogP contribution is -2.17. The summed E-state index contributed by atoms with van der Waals surface area (Å²) in [5, 5.41) is 18.8. The Morgan fingerprint density at radius 3 is 2.36 bits per heavy atom. The smallest absolute Gasteiger partial charge is 0.505 e. The zero-order valence-electron chi connectivity index (χ0n) is 14.5. The maximum atomic E-state index is 14.5. The number of carboxylic acids is 1. The number of hydrogen-bond donors (Lipinski definition) is 2. The van der Waals surface area contributed by atoms with Crippen molar-refractivity contribution in [3.05, 3.63) is 59.0 Å². The maximum absolute atomic E-state index is 14.5. The molecule has 0 aliphatic carbocycles. The topological polar surface area (TPSA) is 71.7 Å². The molecule has 2 aromatic carbocycles. The molecule has 0 unspecified atom stereocenters. The number of hydrogen-bond acceptors (Lipinski definition) is 3. The number of ether oxygens (including phenoxy) is 1. The van der Waals surface area contributed by atoms with Crippen molar-refractivity contribution >= 4 is 16.9 Å². The largest absolute Gasteiger partial charge is 0.573 e. The summed E-state index contributed by atoms with van der Waals surface area (Å²) in [6.07, 6.45) is -5.23. The molecule has 0 amide bonds. The van der Waals surface area contributed by atoms with Crippen LogP contribution in [0.25, 0.3) is 10.9 Å². The van der Waals surface area contributed by atoms with Gasteiger partial charge in [0.05, 0.1) is 11.9 Å². The first-order chi connectivity index (χ1) is 13.1. The third kappa shape index (κ3) is 3.88. The van der Waals surface area contributed by atoms with E-state index >= 15 is 0 Å². The van der Waals surface area contributed by atoms with Crippen LogP contribution in [0.1, 0.15) is 16.8 Å². The van der Waals surface area contributed by atoms with Gasteiger partial charge in [0, 0.05) is 17.6 Å². The summed E-state index contributed by atoms with van der Waals surface area (Å²) in [6.45, 7) is 1.79. The highest BCUT2D eigenvalue weighted by molar-refractivity contribution is 5.90. The van der Waals surface area contributed by atoms with E-state index in [0.717, 1.165) is 12.1 Å². The lowest BCUT2D eigenvalue weighted by Gasteiger charge is -2.11. The van der Waals surface area contributed by atoms with Gasteiger partial charge in [0.2, 0.25) is 0 Å². The van der Waals surface area contributed by atoms with Crippen molar-refractivity contribution in [2.45, 2.75) is 26.3 Å². The Balaban J connectivity index is 2.03. The number of phenols is 1. The van der Waals surface area contributed by atoms with Crippen molar-refractivity contribution in [2.24, 2.45) is 0 Å². The van der Waals surface area contributed by atoms with Crippen LogP contribution in [0.15, 0.2) is 36.4 Å². The van der Waals surface area contributed by atoms with E-state index in [1.54, 1.807) is 11.5 Å². The highest BCUT2D eigenvalue weighted by atomic mass is 19.4. The standard InChI is InChI=1S/C19H15F4NO4/c1-10-13(8-16(26)27)17-14(6-7-15(25)18(17)20)24(10)9-11-2-4-12(5-3-11)28-19(21,22)23/h2-7,25H,8-9H2,1H3,(H,26,27). The molecular weight excluding hydrogens is 382 g/mol. The molecule has 0 aliphatic heterocycles. The minimum absolute atomic E-state index is 0.0110. The second-order valence-corrected chi connectivity index (χ2v) is 6.21. The van der Waals surface area contributed by atoms with Gasteiger partial charge in [-0.1, -0.05) is 12.1 Å². The van der Waals surface area contributed by atoms with Gasteiger partial charge in [0.25, 0.3) is 0 Å². The number of rotatable bonds is 5. The number of halogens is 4. The normalized spacial score (nSPS) is 11.8. The number of nitrogens with zero attached hydrogens (tertiary/aromatic N) is 1. The van der Waals surface area contributed by atoms with Gasteiger partial charge in [-0.3, -0.25) is 4.79 Å². The molecule has 9 heteroatoms. The van der Waals surface area contributed by atoms with Crippen molar-refractivity contribution in [3.63, 3.8) is 0 Å². The van der Waals surface area contributed by atoms with Crippen LogP contribution in [0.4, 0.5) is 17.6 Å². The number of aliphatic carboxylic acids is 1. The van der Waals surface area contributed by atoms with Crippen LogP contribution in [-0.4, -0.2) is 27.1 Å². The third-order valence-corrected chi connectivity index (χ3v) is 4.36. The van der Waals surface area contributed by atoms with Crippen molar-refractivity contribution in [2.75, 3.05) is 0 Å². The summed E-state index contributed by atoms with van der Waals surface area (Å²) in [4.78, 5) is 11.2. The minimum Gasteiger partial charge on any atom is -0.505 e. The number of carbonyl (C=O) groups is 1. The molecule has 28 heavy (non-hydrogen) atoms. The van der Waals surface area contributed by atoms with Gasteiger partial charge in [-0.05, 0) is 42.3 Å². The Bertz CT molecular complexity index is 1040. The summed E-state index contributed by atoms with van der Waals surface area (Å²) in [6, 6.07) is 7.81. The zero-order chi connectivity index (χ0) is 20.6. The first kappa shape index (κ1) is 19.5. The SMILES string of the molecule is Cc1c(CC(=O)O)c2c(F)c(O)ccc2n1Cc1ccc(OC(F)(F)F)cc1. The Morgan fingerprint density at radius 2 is 1.79 bits per heavy atom. The van der Waals surface area contributed by atoms with Crippen molar-refractivity contribution < 1.29 is 37.3 Å². The number of phenolic OH excluding ortho intramolecular Hbond substituents is 1. The van der Waals surface area contributed by atoms with Gasteiger partial charge in [0.15, 0.2) is 11.6 Å². The predicted molar refractivity (Wildman–Crippen MR) is 91.9 cm³/mol. The molecule has 0 radical (unpaired) electrons. The van der Waals surface area contributed by atoms with Gasteiger partial charge in [-0.15, -0.1) is 13.2 Å². The molecule has 0 fully saturated rings. The molecule has 1 aromatic heterocycles. The summed E-state index contributed by atoms with van der Waals surface area (Å²) in [5.74, 6) is -3.03. The monoisotopic (exact) mass is 397 g/mol. The summed E-state index contributed by atoms with van der Waals surface area (Å²) in [5.41, 5.74) is 1.69. The lowest BCUT2D eigenvalue weighted by atomic mass is 10.1. The Morgan fingerprint density at radius 1 is 1.14 bits per heavy atom. The summed E-state index contributed by atoms with van der Waals surface area (Å²) >= 11 is 0. The molecule has 148 valence electrons. The number of aromatic nitrogens is 1. The fourth-order valence-electron chi connectivity index (χ4n) is 3.14. The number of carboxylic acid groups (broad SMARTS) is 1. The van der Waals surface area contributed by atoms with Crippen molar-refractivity contribution in [1.29, 1.82) is 0 Å². The molecule has 0 saturated carbocycles. The minimum atomic E-state index is -4.79. The van der Waals surface area contributed by atoms with Gasteiger partial charge >= 0.3 is 12.3 Å². The van der Waals surface area contributed by atoms with E-state index in [-0.39, 0.29) is 23.2 Å². The van der Waals surface area contributed by atoms with E-state index in [1.807, 2.05) is 0 Å². The van der Waals surface area contributed by atoms with Crippen LogP contribution in [0.3, 0.4) is 0 Å². The Hall–Kier alpha value is -3.23. The maximum Gasteiger partial charge on any atom is 0.573 e.